The Balaban J connectivity index is 0.00000484. The van der Waals surface area contributed by atoms with E-state index in [1.807, 2.05) is 12.3 Å². The van der Waals surface area contributed by atoms with Crippen molar-refractivity contribution >= 4 is 44.2 Å². The fraction of sp³-hybridized carbons (Fsp3) is 0.231. The number of fused-ring (bicyclic) bond motifs is 5. The van der Waals surface area contributed by atoms with Crippen LogP contribution in [0.25, 0.3) is 44.3 Å². The Bertz CT molecular complexity index is 2860. The molecule has 0 unspecified atom stereocenters. The maximum absolute atomic E-state index is 6.81. The van der Waals surface area contributed by atoms with Gasteiger partial charge in [-0.3, -0.25) is 0 Å². The van der Waals surface area contributed by atoms with Crippen molar-refractivity contribution in [3.8, 4) is 23.0 Å². The van der Waals surface area contributed by atoms with E-state index in [1.165, 1.54) is 11.1 Å². The average molecular weight is 867 g/mol. The maximum Gasteiger partial charge on any atom is 0.135 e. The molecule has 0 fully saturated rings. The minimum atomic E-state index is -0.134. The molecule has 0 spiro atoms. The Kier molecular flexibility index (Phi) is 10.1. The second kappa shape index (κ2) is 14.9. The number of hydrogen-bond donors (Lipinski definition) is 0. The van der Waals surface area contributed by atoms with Crippen LogP contribution in [-0.2, 0) is 36.7 Å². The Morgan fingerprint density at radius 2 is 1.25 bits per heavy atom. The van der Waals surface area contributed by atoms with Crippen LogP contribution in [0.1, 0.15) is 79.0 Å². The van der Waals surface area contributed by atoms with Crippen LogP contribution in [0.4, 0.5) is 11.4 Å². The molecule has 0 saturated heterocycles. The topological polar surface area (TPSA) is 38.5 Å². The molecule has 59 heavy (non-hydrogen) atoms. The molecule has 302 valence electrons. The molecule has 1 aliphatic heterocycles. The van der Waals surface area contributed by atoms with Crippen molar-refractivity contribution in [1.29, 1.82) is 0 Å². The van der Waals surface area contributed by atoms with Gasteiger partial charge in [0.15, 0.2) is 0 Å². The molecule has 8 aromatic rings. The average Bonchev–Trinajstić information content (AvgIpc) is 3.90. The van der Waals surface area contributed by atoms with E-state index in [2.05, 4.69) is 222 Å². The first kappa shape index (κ1) is 40.2. The molecule has 1 aliphatic rings. The summed E-state index contributed by atoms with van der Waals surface area (Å²) in [4.78, 5) is 9.31. The molecular formula is C52H50N5OPd-3. The number of ether oxygens (including phenoxy) is 1. The van der Waals surface area contributed by atoms with Crippen LogP contribution in [0.15, 0.2) is 134 Å². The smallest absolute Gasteiger partial charge is 0.135 e. The van der Waals surface area contributed by atoms with E-state index >= 15 is 0 Å². The Hall–Kier alpha value is -5.61. The largest absolute Gasteiger partial charge is 0.509 e. The fourth-order valence-electron chi connectivity index (χ4n) is 8.03. The van der Waals surface area contributed by atoms with Gasteiger partial charge in [-0.15, -0.1) is 48.3 Å². The van der Waals surface area contributed by atoms with Gasteiger partial charge in [-0.2, -0.15) is 6.07 Å². The molecule has 0 atom stereocenters. The van der Waals surface area contributed by atoms with Crippen molar-refractivity contribution in [2.45, 2.75) is 78.6 Å². The molecule has 4 heterocycles. The predicted molar refractivity (Wildman–Crippen MR) is 241 cm³/mol. The maximum atomic E-state index is 6.81. The number of nitrogens with zero attached hydrogens (tertiary/aromatic N) is 5. The molecule has 9 rings (SSSR count). The van der Waals surface area contributed by atoms with E-state index in [0.717, 1.165) is 61.3 Å². The number of para-hydroxylation sites is 3. The first-order valence-electron chi connectivity index (χ1n) is 20.1. The molecule has 5 aromatic carbocycles. The van der Waals surface area contributed by atoms with Crippen LogP contribution in [0, 0.1) is 18.8 Å². The van der Waals surface area contributed by atoms with Crippen LogP contribution < -0.4 is 14.5 Å². The van der Waals surface area contributed by atoms with E-state index in [-0.39, 0.29) is 36.7 Å². The molecule has 0 aliphatic carbocycles. The number of pyridine rings is 1. The fourth-order valence-corrected chi connectivity index (χ4v) is 8.03. The van der Waals surface area contributed by atoms with Crippen LogP contribution in [0.5, 0.6) is 11.5 Å². The minimum absolute atomic E-state index is 0. The normalized spacial score (nSPS) is 13.5. The molecule has 6 nitrogen and oxygen atoms in total. The molecule has 0 bridgehead atoms. The first-order valence-corrected chi connectivity index (χ1v) is 20.1. The van der Waals surface area contributed by atoms with E-state index in [0.29, 0.717) is 11.5 Å². The molecule has 0 saturated carbocycles. The van der Waals surface area contributed by atoms with Crippen LogP contribution >= 0.6 is 0 Å². The minimum Gasteiger partial charge on any atom is -0.509 e. The molecule has 7 heteroatoms. The van der Waals surface area contributed by atoms with Gasteiger partial charge in [0.05, 0.1) is 11.0 Å². The summed E-state index contributed by atoms with van der Waals surface area (Å²) in [6.45, 7) is 22.3. The van der Waals surface area contributed by atoms with Gasteiger partial charge < -0.3 is 23.7 Å². The van der Waals surface area contributed by atoms with Crippen molar-refractivity contribution in [3.05, 3.63) is 169 Å². The zero-order chi connectivity index (χ0) is 40.6. The zero-order valence-corrected chi connectivity index (χ0v) is 36.8. The van der Waals surface area contributed by atoms with Crippen LogP contribution in [0.3, 0.4) is 0 Å². The van der Waals surface area contributed by atoms with Crippen molar-refractivity contribution in [2.24, 2.45) is 0 Å². The van der Waals surface area contributed by atoms with Gasteiger partial charge in [0.2, 0.25) is 0 Å². The SMILES string of the molecule is CC(C)(C)c1cc(Oc2[c-]c3c(cc2)c2c(c4ccccc4n2-c2ccccc2)n3-c2cc(C(C)(C)C)ccn2)[c-]c(N2C=CN(c3ccccc3C(C)(C)C)[CH-]2)c1.[Pd]. The Labute approximate surface area is 362 Å². The summed E-state index contributed by atoms with van der Waals surface area (Å²) in [6, 6.07) is 48.0. The molecule has 0 N–H and O–H groups in total. The van der Waals surface area contributed by atoms with Gasteiger partial charge in [0.1, 0.15) is 5.82 Å². The van der Waals surface area contributed by atoms with E-state index in [1.54, 1.807) is 0 Å². The summed E-state index contributed by atoms with van der Waals surface area (Å²) in [7, 11) is 0. The second-order valence-electron chi connectivity index (χ2n) is 18.4. The quantitative estimate of drug-likeness (QED) is 0.123. The van der Waals surface area contributed by atoms with Crippen LogP contribution in [-0.4, -0.2) is 14.1 Å². The monoisotopic (exact) mass is 866 g/mol. The number of rotatable bonds is 6. The first-order chi connectivity index (χ1) is 27.6. The summed E-state index contributed by atoms with van der Waals surface area (Å²) in [5.74, 6) is 2.07. The summed E-state index contributed by atoms with van der Waals surface area (Å²) < 4.78 is 11.4. The molecular weight excluding hydrogens is 817 g/mol. The van der Waals surface area contributed by atoms with Crippen molar-refractivity contribution in [2.75, 3.05) is 9.80 Å². The van der Waals surface area contributed by atoms with Gasteiger partial charge in [-0.25, -0.2) is 4.98 Å². The number of benzene rings is 5. The van der Waals surface area contributed by atoms with Crippen molar-refractivity contribution < 1.29 is 25.2 Å². The van der Waals surface area contributed by atoms with E-state index in [4.69, 9.17) is 9.72 Å². The third kappa shape index (κ3) is 7.37. The summed E-state index contributed by atoms with van der Waals surface area (Å²) >= 11 is 0. The number of anilines is 2. The Morgan fingerprint density at radius 1 is 0.576 bits per heavy atom. The van der Waals surface area contributed by atoms with Crippen molar-refractivity contribution in [1.82, 2.24) is 14.1 Å². The number of aromatic nitrogens is 3. The van der Waals surface area contributed by atoms with E-state index in [9.17, 15) is 0 Å². The van der Waals surface area contributed by atoms with Crippen molar-refractivity contribution in [3.63, 3.8) is 0 Å². The summed E-state index contributed by atoms with van der Waals surface area (Å²) in [6.07, 6.45) is 6.12. The molecule has 3 aromatic heterocycles. The third-order valence-electron chi connectivity index (χ3n) is 11.1. The van der Waals surface area contributed by atoms with Gasteiger partial charge in [0, 0.05) is 60.4 Å². The van der Waals surface area contributed by atoms with Gasteiger partial charge in [-0.1, -0.05) is 128 Å². The Morgan fingerprint density at radius 3 is 2.00 bits per heavy atom. The van der Waals surface area contributed by atoms with Gasteiger partial charge in [-0.05, 0) is 76.2 Å². The van der Waals surface area contributed by atoms with E-state index < -0.39 is 0 Å². The second-order valence-corrected chi connectivity index (χ2v) is 18.4. The summed E-state index contributed by atoms with van der Waals surface area (Å²) in [5.41, 5.74) is 10.8. The summed E-state index contributed by atoms with van der Waals surface area (Å²) in [5, 5.41) is 2.20. The van der Waals surface area contributed by atoms with Gasteiger partial charge >= 0.3 is 0 Å². The van der Waals surface area contributed by atoms with Gasteiger partial charge in [0.25, 0.3) is 0 Å². The predicted octanol–water partition coefficient (Wildman–Crippen LogP) is 13.3. The standard InChI is InChI=1S/C52H50N5O.Pd/c1-50(2,3)35-25-26-53-47(31-35)57-46-33-39(23-24-42(46)48-49(57)41-19-13-15-21-44(41)56(48)37-17-11-10-12-18-37)58-40-30-36(51(4,5)6)29-38(32-40)54-27-28-55(34-54)45-22-16-14-20-43(45)52(7,8)9;/h10-31,34H,1-9H3;/q-3;. The molecule has 0 amide bonds. The van der Waals surface area contributed by atoms with Crippen LogP contribution in [0.2, 0.25) is 0 Å². The number of hydrogen-bond acceptors (Lipinski definition) is 4. The molecule has 0 radical (unpaired) electrons. The third-order valence-corrected chi connectivity index (χ3v) is 11.1. The zero-order valence-electron chi connectivity index (χ0n) is 35.2.